The van der Waals surface area contributed by atoms with Crippen molar-refractivity contribution in [2.45, 2.75) is 12.5 Å². The number of ether oxygens (including phenoxy) is 1. The average Bonchev–Trinajstić information content (AvgIpc) is 2.97. The van der Waals surface area contributed by atoms with Crippen LogP contribution in [0.5, 0.6) is 5.75 Å². The number of benzene rings is 1. The zero-order chi connectivity index (χ0) is 13.4. The van der Waals surface area contributed by atoms with Gasteiger partial charge in [0.05, 0.1) is 19.0 Å². The van der Waals surface area contributed by atoms with E-state index in [0.717, 1.165) is 34.7 Å². The molecule has 2 N–H and O–H groups in total. The largest absolute Gasteiger partial charge is 0.493 e. The smallest absolute Gasteiger partial charge is 0.162 e. The second kappa shape index (κ2) is 4.48. The minimum atomic E-state index is 0.176. The predicted octanol–water partition coefficient (Wildman–Crippen LogP) is 2.29. The molecule has 1 aliphatic heterocycles. The summed E-state index contributed by atoms with van der Waals surface area (Å²) < 4.78 is 5.67. The Labute approximate surface area is 115 Å². The van der Waals surface area contributed by atoms with Crippen LogP contribution in [0.25, 0.3) is 11.2 Å². The summed E-state index contributed by atoms with van der Waals surface area (Å²) in [7, 11) is 0. The number of anilines is 1. The van der Waals surface area contributed by atoms with E-state index in [-0.39, 0.29) is 6.04 Å². The van der Waals surface area contributed by atoms with E-state index in [0.29, 0.717) is 6.61 Å². The highest BCUT2D eigenvalue weighted by molar-refractivity contribution is 5.82. The average molecular weight is 267 g/mol. The summed E-state index contributed by atoms with van der Waals surface area (Å²) in [5.41, 5.74) is 2.65. The van der Waals surface area contributed by atoms with E-state index in [1.807, 2.05) is 18.2 Å². The normalized spacial score (nSPS) is 17.5. The van der Waals surface area contributed by atoms with Gasteiger partial charge in [0.15, 0.2) is 11.5 Å². The number of H-pyrrole nitrogens is 1. The van der Waals surface area contributed by atoms with Crippen LogP contribution in [0.1, 0.15) is 18.0 Å². The second-order valence-corrected chi connectivity index (χ2v) is 4.69. The summed E-state index contributed by atoms with van der Waals surface area (Å²) in [6, 6.07) is 8.25. The Morgan fingerprint density at radius 1 is 1.20 bits per heavy atom. The van der Waals surface area contributed by atoms with E-state index in [4.69, 9.17) is 4.74 Å². The van der Waals surface area contributed by atoms with Gasteiger partial charge in [-0.05, 0) is 6.07 Å². The number of hydrogen-bond donors (Lipinski definition) is 2. The maximum atomic E-state index is 5.67. The van der Waals surface area contributed by atoms with Crippen molar-refractivity contribution in [1.29, 1.82) is 0 Å². The van der Waals surface area contributed by atoms with E-state index in [2.05, 4.69) is 31.3 Å². The predicted molar refractivity (Wildman–Crippen MR) is 74.6 cm³/mol. The standard InChI is InChI=1S/C14H13N5O/c1-2-4-11-9(3-1)10(5-6-20-11)19-14-12-13(16-7-15-12)17-8-18-14/h1-4,7-8,10H,5-6H2,(H2,15,16,17,18,19)/t10-/m1/s1. The molecule has 4 rings (SSSR count). The Morgan fingerprint density at radius 2 is 2.15 bits per heavy atom. The number of fused-ring (bicyclic) bond motifs is 2. The summed E-state index contributed by atoms with van der Waals surface area (Å²) in [6.07, 6.45) is 4.06. The van der Waals surface area contributed by atoms with E-state index in [1.165, 1.54) is 6.33 Å². The summed E-state index contributed by atoms with van der Waals surface area (Å²) in [5.74, 6) is 1.68. The van der Waals surface area contributed by atoms with Gasteiger partial charge < -0.3 is 15.0 Å². The second-order valence-electron chi connectivity index (χ2n) is 4.69. The van der Waals surface area contributed by atoms with E-state index >= 15 is 0 Å². The third kappa shape index (κ3) is 1.77. The maximum absolute atomic E-state index is 5.67. The molecule has 0 radical (unpaired) electrons. The lowest BCUT2D eigenvalue weighted by Gasteiger charge is -2.26. The molecular formula is C14H13N5O. The van der Waals surface area contributed by atoms with Gasteiger partial charge >= 0.3 is 0 Å². The lowest BCUT2D eigenvalue weighted by molar-refractivity contribution is 0.274. The van der Waals surface area contributed by atoms with Gasteiger partial charge in [0.1, 0.15) is 17.6 Å². The van der Waals surface area contributed by atoms with Crippen molar-refractivity contribution in [2.75, 3.05) is 11.9 Å². The van der Waals surface area contributed by atoms with Gasteiger partial charge in [-0.15, -0.1) is 0 Å². The first-order valence-electron chi connectivity index (χ1n) is 6.54. The highest BCUT2D eigenvalue weighted by Gasteiger charge is 2.22. The summed E-state index contributed by atoms with van der Waals surface area (Å²) in [6.45, 7) is 0.698. The van der Waals surface area contributed by atoms with E-state index in [1.54, 1.807) is 6.33 Å². The van der Waals surface area contributed by atoms with Crippen molar-refractivity contribution in [1.82, 2.24) is 19.9 Å². The molecule has 0 aliphatic carbocycles. The fourth-order valence-electron chi connectivity index (χ4n) is 2.53. The number of aromatic amines is 1. The zero-order valence-corrected chi connectivity index (χ0v) is 10.7. The molecule has 100 valence electrons. The third-order valence-electron chi connectivity index (χ3n) is 3.49. The van der Waals surface area contributed by atoms with Crippen LogP contribution in [0, 0.1) is 0 Å². The van der Waals surface area contributed by atoms with Crippen molar-refractivity contribution < 1.29 is 4.74 Å². The third-order valence-corrected chi connectivity index (χ3v) is 3.49. The minimum Gasteiger partial charge on any atom is -0.493 e. The van der Waals surface area contributed by atoms with Gasteiger partial charge in [-0.2, -0.15) is 0 Å². The number of nitrogens with one attached hydrogen (secondary N) is 2. The molecule has 0 spiro atoms. The highest BCUT2D eigenvalue weighted by Crippen LogP contribution is 2.34. The van der Waals surface area contributed by atoms with Gasteiger partial charge in [-0.3, -0.25) is 0 Å². The molecule has 1 aliphatic rings. The number of nitrogens with zero attached hydrogens (tertiary/aromatic N) is 3. The first kappa shape index (κ1) is 11.2. The molecule has 0 amide bonds. The molecule has 2 aromatic heterocycles. The van der Waals surface area contributed by atoms with Gasteiger partial charge in [-0.25, -0.2) is 15.0 Å². The number of imidazole rings is 1. The molecule has 0 bridgehead atoms. The van der Waals surface area contributed by atoms with Crippen LogP contribution < -0.4 is 10.1 Å². The van der Waals surface area contributed by atoms with Crippen LogP contribution in [0.4, 0.5) is 5.82 Å². The van der Waals surface area contributed by atoms with E-state index < -0.39 is 0 Å². The quantitative estimate of drug-likeness (QED) is 0.745. The van der Waals surface area contributed by atoms with Crippen LogP contribution in [0.2, 0.25) is 0 Å². The number of para-hydroxylation sites is 1. The van der Waals surface area contributed by atoms with Crippen molar-refractivity contribution in [2.24, 2.45) is 0 Å². The van der Waals surface area contributed by atoms with Crippen molar-refractivity contribution in [3.05, 3.63) is 42.5 Å². The molecule has 0 unspecified atom stereocenters. The molecule has 3 aromatic rings. The molecule has 20 heavy (non-hydrogen) atoms. The Kier molecular flexibility index (Phi) is 2.51. The molecule has 3 heterocycles. The molecule has 1 aromatic carbocycles. The lowest BCUT2D eigenvalue weighted by Crippen LogP contribution is -2.20. The molecule has 6 nitrogen and oxygen atoms in total. The van der Waals surface area contributed by atoms with Crippen LogP contribution in [0.15, 0.2) is 36.9 Å². The number of rotatable bonds is 2. The number of aromatic nitrogens is 4. The van der Waals surface area contributed by atoms with Crippen molar-refractivity contribution in [3.8, 4) is 5.75 Å². The maximum Gasteiger partial charge on any atom is 0.162 e. The minimum absolute atomic E-state index is 0.176. The first-order valence-corrected chi connectivity index (χ1v) is 6.54. The monoisotopic (exact) mass is 267 g/mol. The Balaban J connectivity index is 1.72. The van der Waals surface area contributed by atoms with Gasteiger partial charge in [0, 0.05) is 12.0 Å². The molecule has 0 saturated carbocycles. The van der Waals surface area contributed by atoms with Crippen LogP contribution in [-0.4, -0.2) is 26.5 Å². The lowest BCUT2D eigenvalue weighted by atomic mass is 10.0. The van der Waals surface area contributed by atoms with Gasteiger partial charge in [0.25, 0.3) is 0 Å². The van der Waals surface area contributed by atoms with Crippen LogP contribution >= 0.6 is 0 Å². The Bertz CT molecular complexity index is 754. The van der Waals surface area contributed by atoms with Crippen molar-refractivity contribution in [3.63, 3.8) is 0 Å². The topological polar surface area (TPSA) is 75.7 Å². The summed E-state index contributed by atoms with van der Waals surface area (Å²) in [4.78, 5) is 15.7. The van der Waals surface area contributed by atoms with Crippen LogP contribution in [-0.2, 0) is 0 Å². The highest BCUT2D eigenvalue weighted by atomic mass is 16.5. The molecule has 0 fully saturated rings. The summed E-state index contributed by atoms with van der Waals surface area (Å²) >= 11 is 0. The number of hydrogen-bond acceptors (Lipinski definition) is 5. The van der Waals surface area contributed by atoms with E-state index in [9.17, 15) is 0 Å². The Hall–Kier alpha value is -2.63. The zero-order valence-electron chi connectivity index (χ0n) is 10.7. The molecule has 1 atom stereocenters. The Morgan fingerprint density at radius 3 is 3.15 bits per heavy atom. The molecule has 0 saturated heterocycles. The first-order chi connectivity index (χ1) is 9.92. The SMILES string of the molecule is c1ccc2c(c1)OCC[C@H]2Nc1ncnc2[nH]cnc12. The fourth-order valence-corrected chi connectivity index (χ4v) is 2.53. The fraction of sp³-hybridized carbons (Fsp3) is 0.214. The van der Waals surface area contributed by atoms with Gasteiger partial charge in [-0.1, -0.05) is 18.2 Å². The summed E-state index contributed by atoms with van der Waals surface area (Å²) in [5, 5.41) is 3.45. The molecular weight excluding hydrogens is 254 g/mol. The van der Waals surface area contributed by atoms with Crippen LogP contribution in [0.3, 0.4) is 0 Å². The van der Waals surface area contributed by atoms with Gasteiger partial charge in [0.2, 0.25) is 0 Å². The molecule has 6 heteroatoms. The van der Waals surface area contributed by atoms with Crippen molar-refractivity contribution >= 4 is 17.0 Å².